The van der Waals surface area contributed by atoms with Gasteiger partial charge in [-0.2, -0.15) is 0 Å². The summed E-state index contributed by atoms with van der Waals surface area (Å²) < 4.78 is 22.3. The molecule has 0 radical (unpaired) electrons. The minimum atomic E-state index is -0.207. The molecule has 0 spiro atoms. The quantitative estimate of drug-likeness (QED) is 0.326. The van der Waals surface area contributed by atoms with Crippen molar-refractivity contribution in [2.24, 2.45) is 9.98 Å². The number of hydrogen-bond acceptors (Lipinski definition) is 8. The second kappa shape index (κ2) is 14.9. The molecule has 0 aromatic heterocycles. The number of aliphatic imine (C=N–C) groups is 2. The molecule has 144 valence electrons. The summed E-state index contributed by atoms with van der Waals surface area (Å²) in [6.07, 6.45) is 2.74. The van der Waals surface area contributed by atoms with Crippen molar-refractivity contribution in [3.63, 3.8) is 0 Å². The summed E-state index contributed by atoms with van der Waals surface area (Å²) in [6, 6.07) is -0.408. The fraction of sp³-hybridized carbons (Fsp3) is 0.882. The van der Waals surface area contributed by atoms with Crippen molar-refractivity contribution in [1.29, 1.82) is 0 Å². The minimum absolute atomic E-state index is 0.0856. The van der Waals surface area contributed by atoms with Gasteiger partial charge in [0.2, 0.25) is 12.2 Å². The lowest BCUT2D eigenvalue weighted by Gasteiger charge is -2.20. The van der Waals surface area contributed by atoms with Crippen LogP contribution in [0.4, 0.5) is 0 Å². The Balaban J connectivity index is 3.75. The molecule has 0 amide bonds. The van der Waals surface area contributed by atoms with E-state index in [1.807, 2.05) is 20.8 Å². The van der Waals surface area contributed by atoms with Gasteiger partial charge in [0, 0.05) is 0 Å². The third-order valence-electron chi connectivity index (χ3n) is 3.11. The molecule has 0 bridgehead atoms. The summed E-state index contributed by atoms with van der Waals surface area (Å²) in [7, 11) is 0. The van der Waals surface area contributed by atoms with Crippen LogP contribution in [0.25, 0.3) is 0 Å². The molecule has 5 unspecified atom stereocenters. The van der Waals surface area contributed by atoms with E-state index in [1.54, 1.807) is 13.8 Å². The minimum Gasteiger partial charge on any atom is -0.377 e. The number of ether oxygens (including phenoxy) is 4. The van der Waals surface area contributed by atoms with Crippen LogP contribution < -0.4 is 0 Å². The van der Waals surface area contributed by atoms with E-state index in [9.17, 15) is 9.59 Å². The molecule has 0 rings (SSSR count). The van der Waals surface area contributed by atoms with Crippen LogP contribution >= 0.6 is 0 Å². The lowest BCUT2D eigenvalue weighted by Crippen LogP contribution is -2.28. The Morgan fingerprint density at radius 1 is 0.640 bits per heavy atom. The van der Waals surface area contributed by atoms with Crippen LogP contribution in [-0.2, 0) is 28.5 Å². The molecule has 0 aromatic rings. The second-order valence-electron chi connectivity index (χ2n) is 6.11. The lowest BCUT2D eigenvalue weighted by molar-refractivity contribution is -0.0808. The Kier molecular flexibility index (Phi) is 14.1. The lowest BCUT2D eigenvalue weighted by atomic mass is 10.3. The van der Waals surface area contributed by atoms with Gasteiger partial charge in [-0.05, 0) is 34.6 Å². The summed E-state index contributed by atoms with van der Waals surface area (Å²) in [4.78, 5) is 27.3. The van der Waals surface area contributed by atoms with Crippen LogP contribution in [0.1, 0.15) is 34.6 Å². The largest absolute Gasteiger partial charge is 0.377 e. The molecule has 8 nitrogen and oxygen atoms in total. The van der Waals surface area contributed by atoms with Crippen LogP contribution in [0, 0.1) is 0 Å². The van der Waals surface area contributed by atoms with Crippen molar-refractivity contribution >= 4 is 12.2 Å². The van der Waals surface area contributed by atoms with Gasteiger partial charge in [0.15, 0.2) is 0 Å². The summed E-state index contributed by atoms with van der Waals surface area (Å²) in [5.74, 6) is 0. The summed E-state index contributed by atoms with van der Waals surface area (Å²) >= 11 is 0. The van der Waals surface area contributed by atoms with Crippen LogP contribution in [0.3, 0.4) is 0 Å². The molecule has 8 heteroatoms. The molecule has 0 aliphatic heterocycles. The molecule has 5 atom stereocenters. The van der Waals surface area contributed by atoms with Crippen molar-refractivity contribution in [3.8, 4) is 0 Å². The van der Waals surface area contributed by atoms with Crippen molar-refractivity contribution < 1.29 is 28.5 Å². The molecule has 0 saturated heterocycles. The number of isocyanates is 2. The molecule has 0 heterocycles. The first-order chi connectivity index (χ1) is 11.9. The SMILES string of the molecule is CC(COCC(C)OCC(C)OCC(C)OCC(C)N=C=O)N=C=O. The van der Waals surface area contributed by atoms with E-state index >= 15 is 0 Å². The first kappa shape index (κ1) is 23.6. The van der Waals surface area contributed by atoms with E-state index in [2.05, 4.69) is 9.98 Å². The van der Waals surface area contributed by atoms with Crippen LogP contribution in [0.5, 0.6) is 0 Å². The maximum atomic E-state index is 10.1. The number of rotatable bonds is 15. The van der Waals surface area contributed by atoms with Crippen molar-refractivity contribution in [2.75, 3.05) is 33.0 Å². The maximum absolute atomic E-state index is 10.1. The predicted octanol–water partition coefficient (Wildman–Crippen LogP) is 1.67. The first-order valence-corrected chi connectivity index (χ1v) is 8.45. The average molecular weight is 358 g/mol. The van der Waals surface area contributed by atoms with Gasteiger partial charge < -0.3 is 18.9 Å². The van der Waals surface area contributed by atoms with E-state index in [-0.39, 0.29) is 30.4 Å². The highest BCUT2D eigenvalue weighted by atomic mass is 16.6. The third-order valence-corrected chi connectivity index (χ3v) is 3.11. The Morgan fingerprint density at radius 3 is 1.52 bits per heavy atom. The predicted molar refractivity (Wildman–Crippen MR) is 92.2 cm³/mol. The van der Waals surface area contributed by atoms with Gasteiger partial charge in [0.25, 0.3) is 0 Å². The molecule has 0 fully saturated rings. The zero-order valence-electron chi connectivity index (χ0n) is 15.8. The fourth-order valence-corrected chi connectivity index (χ4v) is 1.71. The first-order valence-electron chi connectivity index (χ1n) is 8.45. The summed E-state index contributed by atoms with van der Waals surface area (Å²) in [5.41, 5.74) is 0. The third kappa shape index (κ3) is 14.6. The molecule has 0 aliphatic rings. The maximum Gasteiger partial charge on any atom is 0.235 e. The average Bonchev–Trinajstić information content (AvgIpc) is 2.56. The second-order valence-corrected chi connectivity index (χ2v) is 6.11. The topological polar surface area (TPSA) is 95.8 Å². The van der Waals surface area contributed by atoms with Gasteiger partial charge >= 0.3 is 0 Å². The Bertz CT molecular complexity index is 435. The van der Waals surface area contributed by atoms with Gasteiger partial charge in [-0.15, -0.1) is 0 Å². The van der Waals surface area contributed by atoms with Crippen molar-refractivity contribution in [3.05, 3.63) is 0 Å². The van der Waals surface area contributed by atoms with Gasteiger partial charge in [-0.3, -0.25) is 0 Å². The number of hydrogen-bond donors (Lipinski definition) is 0. The molecule has 25 heavy (non-hydrogen) atoms. The van der Waals surface area contributed by atoms with E-state index in [1.165, 1.54) is 12.2 Å². The van der Waals surface area contributed by atoms with Crippen LogP contribution in [0.15, 0.2) is 9.98 Å². The Labute approximate surface area is 149 Å². The van der Waals surface area contributed by atoms with E-state index in [0.29, 0.717) is 33.0 Å². The molecular weight excluding hydrogens is 328 g/mol. The number of nitrogens with zero attached hydrogens (tertiary/aromatic N) is 2. The fourth-order valence-electron chi connectivity index (χ4n) is 1.71. The van der Waals surface area contributed by atoms with E-state index in [0.717, 1.165) is 0 Å². The summed E-state index contributed by atoms with van der Waals surface area (Å²) in [5, 5.41) is 0. The molecule has 0 N–H and O–H groups in total. The standard InChI is InChI=1S/C17H30N2O6/c1-13(18-11-20)6-22-8-15(3)24-10-17(5)25-9-16(4)23-7-14(2)19-12-21/h13-17H,6-10H2,1-5H3. The van der Waals surface area contributed by atoms with Crippen LogP contribution in [-0.4, -0.2) is 75.6 Å². The molecule has 0 saturated carbocycles. The number of carbonyl (C=O) groups excluding carboxylic acids is 2. The van der Waals surface area contributed by atoms with Gasteiger partial charge in [-0.25, -0.2) is 19.6 Å². The van der Waals surface area contributed by atoms with Crippen LogP contribution in [0.2, 0.25) is 0 Å². The Morgan fingerprint density at radius 2 is 1.04 bits per heavy atom. The van der Waals surface area contributed by atoms with E-state index in [4.69, 9.17) is 18.9 Å². The van der Waals surface area contributed by atoms with Gasteiger partial charge in [0.1, 0.15) is 0 Å². The monoisotopic (exact) mass is 358 g/mol. The zero-order valence-corrected chi connectivity index (χ0v) is 15.8. The Hall–Kier alpha value is -1.40. The van der Waals surface area contributed by atoms with Gasteiger partial charge in [-0.1, -0.05) is 0 Å². The highest BCUT2D eigenvalue weighted by Crippen LogP contribution is 2.02. The molecular formula is C17H30N2O6. The van der Waals surface area contributed by atoms with Crippen molar-refractivity contribution in [2.45, 2.75) is 65.0 Å². The van der Waals surface area contributed by atoms with E-state index < -0.39 is 0 Å². The summed E-state index contributed by atoms with van der Waals surface area (Å²) in [6.45, 7) is 11.3. The molecule has 0 aromatic carbocycles. The zero-order chi connectivity index (χ0) is 19.1. The van der Waals surface area contributed by atoms with Crippen molar-refractivity contribution in [1.82, 2.24) is 0 Å². The normalized spacial score (nSPS) is 16.8. The van der Waals surface area contributed by atoms with Gasteiger partial charge in [0.05, 0.1) is 63.4 Å². The molecule has 0 aliphatic carbocycles. The highest BCUT2D eigenvalue weighted by molar-refractivity contribution is 5.33. The smallest absolute Gasteiger partial charge is 0.235 e. The highest BCUT2D eigenvalue weighted by Gasteiger charge is 2.11.